The Hall–Kier alpha value is -0.550. The van der Waals surface area contributed by atoms with Crippen molar-refractivity contribution in [1.29, 1.82) is 0 Å². The van der Waals surface area contributed by atoms with Gasteiger partial charge in [-0.05, 0) is 21.0 Å². The quantitative estimate of drug-likeness (QED) is 0.352. The van der Waals surface area contributed by atoms with Crippen LogP contribution < -0.4 is 0 Å². The van der Waals surface area contributed by atoms with Crippen LogP contribution in [0, 0.1) is 0 Å². The molecule has 0 aromatic heterocycles. The molecule has 0 aromatic carbocycles. The van der Waals surface area contributed by atoms with E-state index in [9.17, 15) is 9.59 Å². The smallest absolute Gasteiger partial charge is 0.313 e. The molecule has 0 spiro atoms. The van der Waals surface area contributed by atoms with E-state index in [2.05, 4.69) is 4.90 Å². The van der Waals surface area contributed by atoms with Gasteiger partial charge >= 0.3 is 5.97 Å². The van der Waals surface area contributed by atoms with Crippen molar-refractivity contribution < 1.29 is 14.3 Å². The van der Waals surface area contributed by atoms with Crippen molar-refractivity contribution in [2.45, 2.75) is 13.3 Å². The Kier molecular flexibility index (Phi) is 8.41. The highest BCUT2D eigenvalue weighted by Gasteiger charge is 2.05. The lowest BCUT2D eigenvalue weighted by atomic mass is 10.3. The van der Waals surface area contributed by atoms with Crippen LogP contribution in [-0.4, -0.2) is 55.4 Å². The fourth-order valence-corrected chi connectivity index (χ4v) is 1.72. The molecule has 0 unspecified atom stereocenters. The Morgan fingerprint density at radius 3 is 2.47 bits per heavy atom. The average molecular weight is 233 g/mol. The van der Waals surface area contributed by atoms with Crippen LogP contribution >= 0.6 is 11.8 Å². The van der Waals surface area contributed by atoms with Crippen molar-refractivity contribution in [2.24, 2.45) is 0 Å². The van der Waals surface area contributed by atoms with Gasteiger partial charge in [-0.15, -0.1) is 0 Å². The molecule has 0 saturated carbocycles. The predicted octanol–water partition coefficient (Wildman–Crippen LogP) is 0.803. The molecule has 0 saturated heterocycles. The van der Waals surface area contributed by atoms with E-state index < -0.39 is 5.97 Å². The molecule has 4 nitrogen and oxygen atoms in total. The molecule has 0 N–H and O–H groups in total. The monoisotopic (exact) mass is 233 g/mol. The van der Waals surface area contributed by atoms with Gasteiger partial charge in [0, 0.05) is 18.1 Å². The third kappa shape index (κ3) is 11.4. The summed E-state index contributed by atoms with van der Waals surface area (Å²) in [6.45, 7) is 2.80. The summed E-state index contributed by atoms with van der Waals surface area (Å²) in [5.74, 6) is 1.24. The van der Waals surface area contributed by atoms with Crippen molar-refractivity contribution in [3.05, 3.63) is 0 Å². The molecule has 5 heteroatoms. The van der Waals surface area contributed by atoms with Crippen LogP contribution in [0.5, 0.6) is 0 Å². The van der Waals surface area contributed by atoms with Crippen molar-refractivity contribution in [3.8, 4) is 0 Å². The zero-order valence-electron chi connectivity index (χ0n) is 9.62. The Bertz CT molecular complexity index is 207. The zero-order valence-corrected chi connectivity index (χ0v) is 10.4. The highest BCUT2D eigenvalue weighted by Crippen LogP contribution is 2.00. The molecular formula is C10H19NO3S. The molecule has 0 bridgehead atoms. The summed E-state index contributed by atoms with van der Waals surface area (Å²) in [5, 5.41) is 0. The highest BCUT2D eigenvalue weighted by molar-refractivity contribution is 7.99. The van der Waals surface area contributed by atoms with Crippen molar-refractivity contribution >= 4 is 23.5 Å². The second-order valence-electron chi connectivity index (χ2n) is 3.51. The Balaban J connectivity index is 3.24. The van der Waals surface area contributed by atoms with Gasteiger partial charge in [0.25, 0.3) is 0 Å². The van der Waals surface area contributed by atoms with Crippen molar-refractivity contribution in [2.75, 3.05) is 38.8 Å². The molecule has 0 fully saturated rings. The van der Waals surface area contributed by atoms with Crippen LogP contribution in [0.25, 0.3) is 0 Å². The van der Waals surface area contributed by atoms with Crippen LogP contribution in [0.2, 0.25) is 0 Å². The summed E-state index contributed by atoms with van der Waals surface area (Å²) < 4.78 is 4.87. The van der Waals surface area contributed by atoms with E-state index >= 15 is 0 Å². The first-order valence-corrected chi connectivity index (χ1v) is 6.05. The van der Waals surface area contributed by atoms with Gasteiger partial charge in [0.05, 0.1) is 0 Å². The Morgan fingerprint density at radius 1 is 1.27 bits per heavy atom. The lowest BCUT2D eigenvalue weighted by Crippen LogP contribution is -2.16. The van der Waals surface area contributed by atoms with Gasteiger partial charge in [-0.3, -0.25) is 9.59 Å². The van der Waals surface area contributed by atoms with E-state index in [0.29, 0.717) is 6.61 Å². The van der Waals surface area contributed by atoms with Gasteiger partial charge in [-0.1, -0.05) is 0 Å². The number of nitrogens with zero attached hydrogens (tertiary/aromatic N) is 1. The first-order chi connectivity index (χ1) is 7.02. The molecule has 0 radical (unpaired) electrons. The number of hydrogen-bond acceptors (Lipinski definition) is 5. The molecular weight excluding hydrogens is 214 g/mol. The van der Waals surface area contributed by atoms with Crippen LogP contribution in [-0.2, 0) is 14.3 Å². The third-order valence-corrected chi connectivity index (χ3v) is 2.49. The van der Waals surface area contributed by atoms with E-state index in [-0.39, 0.29) is 12.2 Å². The van der Waals surface area contributed by atoms with Crippen LogP contribution in [0.4, 0.5) is 0 Å². The second kappa shape index (κ2) is 8.73. The molecule has 0 aliphatic heterocycles. The molecule has 0 aromatic rings. The largest absolute Gasteiger partial charge is 0.464 e. The minimum absolute atomic E-state index is 0.109. The van der Waals surface area contributed by atoms with Crippen molar-refractivity contribution in [1.82, 2.24) is 4.90 Å². The van der Waals surface area contributed by atoms with Crippen LogP contribution in [0.3, 0.4) is 0 Å². The number of ketones is 1. The van der Waals surface area contributed by atoms with Gasteiger partial charge in [-0.25, -0.2) is 0 Å². The summed E-state index contributed by atoms with van der Waals surface area (Å²) in [7, 11) is 4.04. The normalized spacial score (nSPS) is 10.4. The molecule has 0 aliphatic rings. The number of esters is 1. The van der Waals surface area contributed by atoms with E-state index in [1.807, 2.05) is 14.1 Å². The fourth-order valence-electron chi connectivity index (χ4n) is 0.818. The number of thioether (sulfide) groups is 1. The molecule has 0 amide bonds. The number of hydrogen-bond donors (Lipinski definition) is 0. The average Bonchev–Trinajstić information content (AvgIpc) is 2.09. The first-order valence-electron chi connectivity index (χ1n) is 4.90. The topological polar surface area (TPSA) is 46.6 Å². The minimum Gasteiger partial charge on any atom is -0.464 e. The van der Waals surface area contributed by atoms with Crippen molar-refractivity contribution in [3.63, 3.8) is 0 Å². The van der Waals surface area contributed by atoms with Crippen LogP contribution in [0.1, 0.15) is 13.3 Å². The number of carbonyl (C=O) groups is 2. The predicted molar refractivity (Wildman–Crippen MR) is 62.1 cm³/mol. The number of rotatable bonds is 8. The number of carbonyl (C=O) groups excluding carboxylic acids is 2. The van der Waals surface area contributed by atoms with E-state index in [1.54, 1.807) is 11.8 Å². The summed E-state index contributed by atoms with van der Waals surface area (Å²) in [6, 6.07) is 0. The Morgan fingerprint density at radius 2 is 1.93 bits per heavy atom. The van der Waals surface area contributed by atoms with Gasteiger partial charge in [0.2, 0.25) is 0 Å². The SMILES string of the molecule is CC(=O)CC(=O)OCCSCCN(C)C. The third-order valence-electron chi connectivity index (χ3n) is 1.57. The highest BCUT2D eigenvalue weighted by atomic mass is 32.2. The molecule has 88 valence electrons. The summed E-state index contributed by atoms with van der Waals surface area (Å²) in [4.78, 5) is 23.6. The summed E-state index contributed by atoms with van der Waals surface area (Å²) in [5.41, 5.74) is 0. The summed E-state index contributed by atoms with van der Waals surface area (Å²) in [6.07, 6.45) is -0.109. The maximum absolute atomic E-state index is 10.9. The standard InChI is InChI=1S/C10H19NO3S/c1-9(12)8-10(13)14-5-7-15-6-4-11(2)3/h4-8H2,1-3H3. The lowest BCUT2D eigenvalue weighted by Gasteiger charge is -2.08. The number of Topliss-reactive ketones (excluding diaryl/α,β-unsaturated/α-hetero) is 1. The van der Waals surface area contributed by atoms with Gasteiger partial charge in [0.15, 0.2) is 0 Å². The maximum atomic E-state index is 10.9. The van der Waals surface area contributed by atoms with Crippen LogP contribution in [0.15, 0.2) is 0 Å². The van der Waals surface area contributed by atoms with E-state index in [4.69, 9.17) is 4.74 Å². The first kappa shape index (κ1) is 14.5. The fraction of sp³-hybridized carbons (Fsp3) is 0.800. The number of ether oxygens (including phenoxy) is 1. The molecule has 0 heterocycles. The van der Waals surface area contributed by atoms with E-state index in [1.165, 1.54) is 6.92 Å². The van der Waals surface area contributed by atoms with Gasteiger partial charge in [-0.2, -0.15) is 11.8 Å². The van der Waals surface area contributed by atoms with E-state index in [0.717, 1.165) is 18.1 Å². The second-order valence-corrected chi connectivity index (χ2v) is 4.74. The minimum atomic E-state index is -0.421. The lowest BCUT2D eigenvalue weighted by molar-refractivity contribution is -0.145. The summed E-state index contributed by atoms with van der Waals surface area (Å²) >= 11 is 1.74. The van der Waals surface area contributed by atoms with Gasteiger partial charge in [0.1, 0.15) is 18.8 Å². The zero-order chi connectivity index (χ0) is 11.7. The molecule has 15 heavy (non-hydrogen) atoms. The molecule has 0 rings (SSSR count). The Labute approximate surface area is 95.3 Å². The maximum Gasteiger partial charge on any atom is 0.313 e. The van der Waals surface area contributed by atoms with Gasteiger partial charge < -0.3 is 9.64 Å². The molecule has 0 atom stereocenters. The molecule has 0 aliphatic carbocycles.